The highest BCUT2D eigenvalue weighted by Crippen LogP contribution is 2.30. The van der Waals surface area contributed by atoms with Gasteiger partial charge in [0.15, 0.2) is 6.61 Å². The summed E-state index contributed by atoms with van der Waals surface area (Å²) in [4.78, 5) is 23.7. The highest BCUT2D eigenvalue weighted by molar-refractivity contribution is 5.97. The first-order chi connectivity index (χ1) is 12.3. The van der Waals surface area contributed by atoms with Crippen LogP contribution in [0.1, 0.15) is 22.8 Å². The quantitative estimate of drug-likeness (QED) is 0.823. The third kappa shape index (κ3) is 5.51. The second kappa shape index (κ2) is 8.37. The molecule has 0 saturated carbocycles. The summed E-state index contributed by atoms with van der Waals surface area (Å²) >= 11 is 0. The van der Waals surface area contributed by atoms with Crippen molar-refractivity contribution < 1.29 is 27.5 Å². The lowest BCUT2D eigenvalue weighted by Gasteiger charge is -2.10. The number of ether oxygens (including phenoxy) is 1. The fraction of sp³-hybridized carbons (Fsp3) is 0.222. The van der Waals surface area contributed by atoms with E-state index in [9.17, 15) is 22.8 Å². The standard InChI is InChI=1S/C18H17F3N2O3/c1-2-22-17(25)12-4-3-5-14(10-12)23-16(24)11-26-15-8-6-13(7-9-15)18(19,20)21/h3-10H,2,11H2,1H3,(H,22,25)(H,23,24). The number of hydrogen-bond acceptors (Lipinski definition) is 3. The third-order valence-corrected chi connectivity index (χ3v) is 3.30. The van der Waals surface area contributed by atoms with Crippen molar-refractivity contribution in [2.75, 3.05) is 18.5 Å². The Hall–Kier alpha value is -3.03. The minimum absolute atomic E-state index is 0.143. The van der Waals surface area contributed by atoms with Gasteiger partial charge in [-0.1, -0.05) is 6.07 Å². The van der Waals surface area contributed by atoms with E-state index in [1.165, 1.54) is 6.07 Å². The lowest BCUT2D eigenvalue weighted by atomic mass is 10.2. The largest absolute Gasteiger partial charge is 0.484 e. The van der Waals surface area contributed by atoms with E-state index in [0.717, 1.165) is 24.3 Å². The number of alkyl halides is 3. The van der Waals surface area contributed by atoms with Crippen molar-refractivity contribution in [3.63, 3.8) is 0 Å². The highest BCUT2D eigenvalue weighted by Gasteiger charge is 2.30. The van der Waals surface area contributed by atoms with Crippen molar-refractivity contribution in [3.05, 3.63) is 59.7 Å². The summed E-state index contributed by atoms with van der Waals surface area (Å²) < 4.78 is 42.6. The van der Waals surface area contributed by atoms with Crippen LogP contribution >= 0.6 is 0 Å². The molecule has 26 heavy (non-hydrogen) atoms. The van der Waals surface area contributed by atoms with Crippen LogP contribution in [0, 0.1) is 0 Å². The first-order valence-corrected chi connectivity index (χ1v) is 7.77. The first kappa shape index (κ1) is 19.3. The molecule has 0 bridgehead atoms. The lowest BCUT2D eigenvalue weighted by Crippen LogP contribution is -2.23. The van der Waals surface area contributed by atoms with Crippen LogP contribution in [-0.2, 0) is 11.0 Å². The van der Waals surface area contributed by atoms with E-state index in [2.05, 4.69) is 10.6 Å². The number of carbonyl (C=O) groups excluding carboxylic acids is 2. The van der Waals surface area contributed by atoms with Crippen molar-refractivity contribution in [1.82, 2.24) is 5.32 Å². The van der Waals surface area contributed by atoms with Crippen LogP contribution < -0.4 is 15.4 Å². The molecule has 2 aromatic carbocycles. The Balaban J connectivity index is 1.91. The molecular formula is C18H17F3N2O3. The van der Waals surface area contributed by atoms with E-state index in [1.54, 1.807) is 25.1 Å². The van der Waals surface area contributed by atoms with E-state index in [1.807, 2.05) is 0 Å². The topological polar surface area (TPSA) is 67.4 Å². The summed E-state index contributed by atoms with van der Waals surface area (Å²) in [5.74, 6) is -0.619. The van der Waals surface area contributed by atoms with Crippen LogP contribution in [0.4, 0.5) is 18.9 Å². The molecule has 0 saturated heterocycles. The number of anilines is 1. The van der Waals surface area contributed by atoms with Crippen molar-refractivity contribution in [2.24, 2.45) is 0 Å². The molecule has 0 radical (unpaired) electrons. The highest BCUT2D eigenvalue weighted by atomic mass is 19.4. The Morgan fingerprint density at radius 2 is 1.77 bits per heavy atom. The SMILES string of the molecule is CCNC(=O)c1cccc(NC(=O)COc2ccc(C(F)(F)F)cc2)c1. The summed E-state index contributed by atoms with van der Waals surface area (Å²) in [5.41, 5.74) is 0.0135. The Bertz CT molecular complexity index is 774. The number of rotatable bonds is 6. The Kier molecular flexibility index (Phi) is 6.21. The van der Waals surface area contributed by atoms with Crippen LogP contribution in [0.15, 0.2) is 48.5 Å². The number of hydrogen-bond donors (Lipinski definition) is 2. The van der Waals surface area contributed by atoms with Crippen LogP contribution in [0.25, 0.3) is 0 Å². The van der Waals surface area contributed by atoms with Gasteiger partial charge in [-0.2, -0.15) is 13.2 Å². The molecule has 8 heteroatoms. The lowest BCUT2D eigenvalue weighted by molar-refractivity contribution is -0.137. The molecule has 0 spiro atoms. The van der Waals surface area contributed by atoms with Gasteiger partial charge in [0.05, 0.1) is 5.56 Å². The molecule has 2 N–H and O–H groups in total. The molecule has 0 aliphatic heterocycles. The zero-order chi connectivity index (χ0) is 19.2. The molecule has 138 valence electrons. The zero-order valence-corrected chi connectivity index (χ0v) is 13.9. The van der Waals surface area contributed by atoms with E-state index >= 15 is 0 Å². The summed E-state index contributed by atoms with van der Waals surface area (Å²) in [6.07, 6.45) is -4.43. The Morgan fingerprint density at radius 3 is 2.38 bits per heavy atom. The Labute approximate surface area is 148 Å². The number of carbonyl (C=O) groups is 2. The molecule has 2 aromatic rings. The van der Waals surface area contributed by atoms with Gasteiger partial charge in [-0.05, 0) is 49.4 Å². The summed E-state index contributed by atoms with van der Waals surface area (Å²) in [6, 6.07) is 10.4. The number of amides is 2. The first-order valence-electron chi connectivity index (χ1n) is 7.77. The molecule has 0 aliphatic rings. The molecule has 0 unspecified atom stereocenters. The Morgan fingerprint density at radius 1 is 1.08 bits per heavy atom. The van der Waals surface area contributed by atoms with Gasteiger partial charge in [0, 0.05) is 17.8 Å². The number of benzene rings is 2. The van der Waals surface area contributed by atoms with E-state index < -0.39 is 17.6 Å². The number of halogens is 3. The minimum atomic E-state index is -4.43. The van der Waals surface area contributed by atoms with Gasteiger partial charge >= 0.3 is 6.18 Å². The van der Waals surface area contributed by atoms with Crippen molar-refractivity contribution >= 4 is 17.5 Å². The molecular weight excluding hydrogens is 349 g/mol. The maximum absolute atomic E-state index is 12.5. The summed E-state index contributed by atoms with van der Waals surface area (Å²) in [5, 5.41) is 5.21. The average molecular weight is 366 g/mol. The minimum Gasteiger partial charge on any atom is -0.484 e. The molecule has 2 amide bonds. The maximum atomic E-state index is 12.5. The van der Waals surface area contributed by atoms with Gasteiger partial charge in [-0.25, -0.2) is 0 Å². The maximum Gasteiger partial charge on any atom is 0.416 e. The van der Waals surface area contributed by atoms with Crippen LogP contribution in [0.2, 0.25) is 0 Å². The van der Waals surface area contributed by atoms with Crippen molar-refractivity contribution in [3.8, 4) is 5.75 Å². The summed E-state index contributed by atoms with van der Waals surface area (Å²) in [6.45, 7) is 1.90. The molecule has 0 atom stereocenters. The van der Waals surface area contributed by atoms with Gasteiger partial charge < -0.3 is 15.4 Å². The normalized spacial score (nSPS) is 10.9. The molecule has 5 nitrogen and oxygen atoms in total. The predicted molar refractivity (Wildman–Crippen MR) is 90.0 cm³/mol. The average Bonchev–Trinajstić information content (AvgIpc) is 2.60. The fourth-order valence-electron chi connectivity index (χ4n) is 2.09. The van der Waals surface area contributed by atoms with Crippen molar-refractivity contribution in [2.45, 2.75) is 13.1 Å². The van der Waals surface area contributed by atoms with Gasteiger partial charge in [-0.3, -0.25) is 9.59 Å². The fourth-order valence-corrected chi connectivity index (χ4v) is 2.09. The van der Waals surface area contributed by atoms with Crippen LogP contribution in [0.5, 0.6) is 5.75 Å². The van der Waals surface area contributed by atoms with Gasteiger partial charge in [0.25, 0.3) is 11.8 Å². The third-order valence-electron chi connectivity index (χ3n) is 3.30. The van der Waals surface area contributed by atoms with E-state index in [0.29, 0.717) is 17.8 Å². The molecule has 0 aromatic heterocycles. The van der Waals surface area contributed by atoms with Gasteiger partial charge in [-0.15, -0.1) is 0 Å². The number of nitrogens with one attached hydrogen (secondary N) is 2. The molecule has 2 rings (SSSR count). The predicted octanol–water partition coefficient (Wildman–Crippen LogP) is 3.47. The molecule has 0 heterocycles. The van der Waals surface area contributed by atoms with Crippen molar-refractivity contribution in [1.29, 1.82) is 0 Å². The smallest absolute Gasteiger partial charge is 0.416 e. The monoisotopic (exact) mass is 366 g/mol. The second-order valence-corrected chi connectivity index (χ2v) is 5.30. The van der Waals surface area contributed by atoms with Gasteiger partial charge in [0.2, 0.25) is 0 Å². The van der Waals surface area contributed by atoms with Crippen LogP contribution in [-0.4, -0.2) is 25.0 Å². The summed E-state index contributed by atoms with van der Waals surface area (Å²) in [7, 11) is 0. The van der Waals surface area contributed by atoms with E-state index in [-0.39, 0.29) is 18.3 Å². The molecule has 0 aliphatic carbocycles. The molecule has 0 fully saturated rings. The van der Waals surface area contributed by atoms with Gasteiger partial charge in [0.1, 0.15) is 5.75 Å². The second-order valence-electron chi connectivity index (χ2n) is 5.30. The zero-order valence-electron chi connectivity index (χ0n) is 13.9. The van der Waals surface area contributed by atoms with E-state index in [4.69, 9.17) is 4.74 Å². The van der Waals surface area contributed by atoms with Crippen LogP contribution in [0.3, 0.4) is 0 Å².